The van der Waals surface area contributed by atoms with Gasteiger partial charge in [-0.2, -0.15) is 0 Å². The minimum Gasteiger partial charge on any atom is -0.495 e. The molecule has 0 aliphatic carbocycles. The van der Waals surface area contributed by atoms with Crippen LogP contribution in [0.25, 0.3) is 0 Å². The second-order valence-corrected chi connectivity index (χ2v) is 3.93. The monoisotopic (exact) mass is 232 g/mol. The van der Waals surface area contributed by atoms with Crippen molar-refractivity contribution in [1.29, 1.82) is 0 Å². The molecule has 0 saturated carbocycles. The van der Waals surface area contributed by atoms with Crippen LogP contribution in [0.3, 0.4) is 0 Å². The molecule has 0 amide bonds. The molecular formula is C9H9ClO3S. The lowest BCUT2D eigenvalue weighted by Crippen LogP contribution is -1.97. The molecule has 0 heterocycles. The van der Waals surface area contributed by atoms with Crippen molar-refractivity contribution in [2.75, 3.05) is 12.9 Å². The van der Waals surface area contributed by atoms with E-state index in [1.807, 2.05) is 0 Å². The van der Waals surface area contributed by atoms with Gasteiger partial charge < -0.3 is 9.84 Å². The normalized spacial score (nSPS) is 9.86. The summed E-state index contributed by atoms with van der Waals surface area (Å²) in [5, 5.41) is 8.96. The molecule has 0 unspecified atom stereocenters. The van der Waals surface area contributed by atoms with Crippen LogP contribution < -0.4 is 4.74 Å². The first-order valence-electron chi connectivity index (χ1n) is 3.81. The van der Waals surface area contributed by atoms with Crippen LogP contribution in [0.5, 0.6) is 5.75 Å². The molecule has 0 aliphatic rings. The van der Waals surface area contributed by atoms with Crippen LogP contribution in [0.1, 0.15) is 0 Å². The van der Waals surface area contributed by atoms with Gasteiger partial charge in [-0.05, 0) is 18.2 Å². The predicted octanol–water partition coefficient (Wildman–Crippen LogP) is 2.53. The molecule has 0 fully saturated rings. The van der Waals surface area contributed by atoms with Crippen LogP contribution >= 0.6 is 23.4 Å². The number of halogens is 1. The van der Waals surface area contributed by atoms with Crippen LogP contribution in [0.15, 0.2) is 23.1 Å². The summed E-state index contributed by atoms with van der Waals surface area (Å²) in [7, 11) is 1.53. The van der Waals surface area contributed by atoms with Crippen molar-refractivity contribution >= 4 is 29.3 Å². The summed E-state index contributed by atoms with van der Waals surface area (Å²) in [5.74, 6) is -0.226. The van der Waals surface area contributed by atoms with Gasteiger partial charge >= 0.3 is 5.97 Å². The summed E-state index contributed by atoms with van der Waals surface area (Å²) in [6.45, 7) is 0. The number of hydrogen-bond donors (Lipinski definition) is 1. The zero-order valence-corrected chi connectivity index (χ0v) is 9.06. The molecule has 1 aromatic carbocycles. The highest BCUT2D eigenvalue weighted by Gasteiger charge is 2.03. The number of hydrogen-bond acceptors (Lipinski definition) is 3. The zero-order valence-electron chi connectivity index (χ0n) is 7.49. The van der Waals surface area contributed by atoms with E-state index in [0.717, 1.165) is 4.90 Å². The molecule has 14 heavy (non-hydrogen) atoms. The Kier molecular flexibility index (Phi) is 4.10. The number of aliphatic carboxylic acids is 1. The molecule has 0 aliphatic heterocycles. The smallest absolute Gasteiger partial charge is 0.313 e. The van der Waals surface area contributed by atoms with Crippen molar-refractivity contribution in [3.05, 3.63) is 23.2 Å². The highest BCUT2D eigenvalue weighted by atomic mass is 35.5. The first-order chi connectivity index (χ1) is 6.63. The highest BCUT2D eigenvalue weighted by Crippen LogP contribution is 2.29. The van der Waals surface area contributed by atoms with Crippen molar-refractivity contribution in [2.45, 2.75) is 4.90 Å². The van der Waals surface area contributed by atoms with Crippen molar-refractivity contribution in [1.82, 2.24) is 0 Å². The molecule has 0 spiro atoms. The van der Waals surface area contributed by atoms with Crippen LogP contribution in [0, 0.1) is 0 Å². The maximum atomic E-state index is 10.3. The van der Waals surface area contributed by atoms with Crippen molar-refractivity contribution in [3.8, 4) is 5.75 Å². The summed E-state index contributed by atoms with van der Waals surface area (Å²) in [6.07, 6.45) is 0. The minimum atomic E-state index is -0.845. The molecule has 5 heteroatoms. The van der Waals surface area contributed by atoms with E-state index in [-0.39, 0.29) is 5.75 Å². The van der Waals surface area contributed by atoms with Crippen LogP contribution in [-0.2, 0) is 4.79 Å². The first kappa shape index (κ1) is 11.2. The van der Waals surface area contributed by atoms with E-state index in [4.69, 9.17) is 21.4 Å². The Bertz CT molecular complexity index is 341. The summed E-state index contributed by atoms with van der Waals surface area (Å²) in [6, 6.07) is 5.18. The SMILES string of the molecule is COc1ccc(SCC(=O)O)cc1Cl. The number of carboxylic acids is 1. The summed E-state index contributed by atoms with van der Waals surface area (Å²) in [4.78, 5) is 11.1. The van der Waals surface area contributed by atoms with Crippen LogP contribution in [0.2, 0.25) is 5.02 Å². The number of carboxylic acid groups (broad SMARTS) is 1. The average Bonchev–Trinajstić information content (AvgIpc) is 2.15. The topological polar surface area (TPSA) is 46.5 Å². The third-order valence-corrected chi connectivity index (χ3v) is 2.76. The molecular weight excluding hydrogens is 224 g/mol. The Morgan fingerprint density at radius 2 is 2.36 bits per heavy atom. The largest absolute Gasteiger partial charge is 0.495 e. The van der Waals surface area contributed by atoms with Gasteiger partial charge in [-0.15, -0.1) is 11.8 Å². The van der Waals surface area contributed by atoms with E-state index in [1.54, 1.807) is 18.2 Å². The third-order valence-electron chi connectivity index (χ3n) is 1.49. The lowest BCUT2D eigenvalue weighted by molar-refractivity contribution is -0.133. The Labute approximate surface area is 91.0 Å². The van der Waals surface area contributed by atoms with Crippen molar-refractivity contribution in [2.24, 2.45) is 0 Å². The number of carbonyl (C=O) groups is 1. The van der Waals surface area contributed by atoms with E-state index in [1.165, 1.54) is 18.9 Å². The Morgan fingerprint density at radius 1 is 1.64 bits per heavy atom. The van der Waals surface area contributed by atoms with E-state index >= 15 is 0 Å². The van der Waals surface area contributed by atoms with E-state index in [9.17, 15) is 4.79 Å². The molecule has 1 aromatic rings. The molecule has 0 radical (unpaired) electrons. The first-order valence-corrected chi connectivity index (χ1v) is 5.18. The molecule has 0 bridgehead atoms. The fourth-order valence-electron chi connectivity index (χ4n) is 0.882. The summed E-state index contributed by atoms with van der Waals surface area (Å²) >= 11 is 7.08. The van der Waals surface area contributed by atoms with E-state index in [0.29, 0.717) is 10.8 Å². The van der Waals surface area contributed by atoms with Gasteiger partial charge in [0.05, 0.1) is 17.9 Å². The number of thioether (sulfide) groups is 1. The number of methoxy groups -OCH3 is 1. The molecule has 1 N–H and O–H groups in total. The Hall–Kier alpha value is -0.870. The molecule has 0 saturated heterocycles. The number of benzene rings is 1. The summed E-state index contributed by atoms with van der Waals surface area (Å²) in [5.41, 5.74) is 0. The molecule has 0 atom stereocenters. The molecule has 3 nitrogen and oxygen atoms in total. The Balaban J connectivity index is 2.71. The quantitative estimate of drug-likeness (QED) is 0.811. The number of rotatable bonds is 4. The average molecular weight is 233 g/mol. The minimum absolute atomic E-state index is 0.0304. The van der Waals surface area contributed by atoms with Gasteiger partial charge in [0.1, 0.15) is 5.75 Å². The third kappa shape index (κ3) is 3.12. The van der Waals surface area contributed by atoms with Crippen LogP contribution in [-0.4, -0.2) is 23.9 Å². The van der Waals surface area contributed by atoms with Crippen molar-refractivity contribution in [3.63, 3.8) is 0 Å². The second-order valence-electron chi connectivity index (χ2n) is 2.48. The fraction of sp³-hybridized carbons (Fsp3) is 0.222. The highest BCUT2D eigenvalue weighted by molar-refractivity contribution is 8.00. The molecule has 0 aromatic heterocycles. The molecule has 76 valence electrons. The van der Waals surface area contributed by atoms with Gasteiger partial charge in [0.15, 0.2) is 0 Å². The van der Waals surface area contributed by atoms with Gasteiger partial charge in [-0.25, -0.2) is 0 Å². The van der Waals surface area contributed by atoms with E-state index < -0.39 is 5.97 Å². The van der Waals surface area contributed by atoms with Gasteiger partial charge in [-0.3, -0.25) is 4.79 Å². The van der Waals surface area contributed by atoms with Crippen molar-refractivity contribution < 1.29 is 14.6 Å². The predicted molar refractivity (Wildman–Crippen MR) is 56.4 cm³/mol. The zero-order chi connectivity index (χ0) is 10.6. The maximum Gasteiger partial charge on any atom is 0.313 e. The van der Waals surface area contributed by atoms with Gasteiger partial charge in [0, 0.05) is 4.90 Å². The van der Waals surface area contributed by atoms with Gasteiger partial charge in [0.25, 0.3) is 0 Å². The fourth-order valence-corrected chi connectivity index (χ4v) is 1.86. The Morgan fingerprint density at radius 3 is 2.86 bits per heavy atom. The standard InChI is InChI=1S/C9H9ClO3S/c1-13-8-3-2-6(4-7(8)10)14-5-9(11)12/h2-4H,5H2,1H3,(H,11,12). The molecule has 1 rings (SSSR count). The lowest BCUT2D eigenvalue weighted by Gasteiger charge is -2.04. The van der Waals surface area contributed by atoms with Gasteiger partial charge in [-0.1, -0.05) is 11.6 Å². The number of ether oxygens (including phenoxy) is 1. The maximum absolute atomic E-state index is 10.3. The second kappa shape index (κ2) is 5.12. The summed E-state index contributed by atoms with van der Waals surface area (Å²) < 4.78 is 4.97. The van der Waals surface area contributed by atoms with E-state index in [2.05, 4.69) is 0 Å². The van der Waals surface area contributed by atoms with Crippen LogP contribution in [0.4, 0.5) is 0 Å². The van der Waals surface area contributed by atoms with Gasteiger partial charge in [0.2, 0.25) is 0 Å². The lowest BCUT2D eigenvalue weighted by atomic mass is 10.3.